The van der Waals surface area contributed by atoms with E-state index < -0.39 is 0 Å². The monoisotopic (exact) mass is 271 g/mol. The molecule has 2 aromatic carbocycles. The zero-order chi connectivity index (χ0) is 13.2. The van der Waals surface area contributed by atoms with Crippen LogP contribution in [0.15, 0.2) is 48.5 Å². The van der Waals surface area contributed by atoms with Gasteiger partial charge in [0, 0.05) is 10.7 Å². The maximum absolute atomic E-state index is 6.02. The normalized spacial score (nSPS) is 16.1. The molecule has 19 heavy (non-hydrogen) atoms. The predicted molar refractivity (Wildman–Crippen MR) is 81.7 cm³/mol. The molecular weight excluding hydrogens is 254 g/mol. The third kappa shape index (κ3) is 2.93. The Hall–Kier alpha value is -1.47. The van der Waals surface area contributed by atoms with E-state index in [1.807, 2.05) is 12.1 Å². The zero-order valence-electron chi connectivity index (χ0n) is 11.1. The maximum Gasteiger partial charge on any atom is 0.0542 e. The highest BCUT2D eigenvalue weighted by Crippen LogP contribution is 2.43. The van der Waals surface area contributed by atoms with E-state index in [0.717, 1.165) is 10.9 Å². The second-order valence-electron chi connectivity index (χ2n) is 5.33. The summed E-state index contributed by atoms with van der Waals surface area (Å²) in [5.74, 6) is 0.762. The van der Waals surface area contributed by atoms with E-state index in [2.05, 4.69) is 48.6 Å². The van der Waals surface area contributed by atoms with Gasteiger partial charge in [-0.05, 0) is 55.0 Å². The van der Waals surface area contributed by atoms with Crippen molar-refractivity contribution in [3.63, 3.8) is 0 Å². The van der Waals surface area contributed by atoms with Crippen molar-refractivity contribution in [2.24, 2.45) is 5.92 Å². The van der Waals surface area contributed by atoms with Crippen LogP contribution in [0.1, 0.15) is 30.0 Å². The van der Waals surface area contributed by atoms with Crippen molar-refractivity contribution in [1.82, 2.24) is 0 Å². The molecule has 1 aliphatic rings. The van der Waals surface area contributed by atoms with Crippen molar-refractivity contribution in [2.45, 2.75) is 25.8 Å². The van der Waals surface area contributed by atoms with Crippen molar-refractivity contribution in [1.29, 1.82) is 0 Å². The molecule has 0 spiro atoms. The Kier molecular flexibility index (Phi) is 3.48. The maximum atomic E-state index is 6.02. The number of anilines is 1. The number of halogens is 1. The van der Waals surface area contributed by atoms with Crippen LogP contribution in [0.4, 0.5) is 5.69 Å². The van der Waals surface area contributed by atoms with Crippen molar-refractivity contribution >= 4 is 17.3 Å². The van der Waals surface area contributed by atoms with Crippen LogP contribution < -0.4 is 5.32 Å². The molecule has 0 heterocycles. The molecule has 1 atom stereocenters. The molecule has 2 heteroatoms. The first kappa shape index (κ1) is 12.6. The van der Waals surface area contributed by atoms with Gasteiger partial charge < -0.3 is 5.32 Å². The van der Waals surface area contributed by atoms with E-state index in [4.69, 9.17) is 11.6 Å². The van der Waals surface area contributed by atoms with Gasteiger partial charge in [-0.3, -0.25) is 0 Å². The van der Waals surface area contributed by atoms with Crippen LogP contribution in [-0.4, -0.2) is 0 Å². The fourth-order valence-corrected chi connectivity index (χ4v) is 2.75. The lowest BCUT2D eigenvalue weighted by atomic mass is 10.0. The Bertz CT molecular complexity index is 561. The molecule has 0 amide bonds. The Morgan fingerprint density at radius 3 is 2.47 bits per heavy atom. The van der Waals surface area contributed by atoms with Crippen molar-refractivity contribution < 1.29 is 0 Å². The van der Waals surface area contributed by atoms with Crippen molar-refractivity contribution in [2.75, 3.05) is 5.32 Å². The van der Waals surface area contributed by atoms with Crippen LogP contribution >= 0.6 is 11.6 Å². The van der Waals surface area contributed by atoms with Crippen LogP contribution in [-0.2, 0) is 0 Å². The lowest BCUT2D eigenvalue weighted by molar-refractivity contribution is 0.678. The highest BCUT2D eigenvalue weighted by molar-refractivity contribution is 6.30. The van der Waals surface area contributed by atoms with Crippen LogP contribution in [0.5, 0.6) is 0 Å². The average molecular weight is 272 g/mol. The molecule has 0 aliphatic heterocycles. The van der Waals surface area contributed by atoms with Gasteiger partial charge in [0.1, 0.15) is 0 Å². The van der Waals surface area contributed by atoms with E-state index in [0.29, 0.717) is 6.04 Å². The summed E-state index contributed by atoms with van der Waals surface area (Å²) in [4.78, 5) is 0. The van der Waals surface area contributed by atoms with Gasteiger partial charge in [0.2, 0.25) is 0 Å². The molecule has 0 saturated heterocycles. The van der Waals surface area contributed by atoms with Crippen LogP contribution in [0.2, 0.25) is 5.02 Å². The van der Waals surface area contributed by atoms with Gasteiger partial charge in [-0.25, -0.2) is 0 Å². The van der Waals surface area contributed by atoms with Gasteiger partial charge in [-0.2, -0.15) is 0 Å². The number of benzene rings is 2. The minimum atomic E-state index is 0.418. The van der Waals surface area contributed by atoms with Gasteiger partial charge in [-0.15, -0.1) is 0 Å². The predicted octanol–water partition coefficient (Wildman–Crippen LogP) is 5.21. The summed E-state index contributed by atoms with van der Waals surface area (Å²) in [6.07, 6.45) is 2.64. The highest BCUT2D eigenvalue weighted by Gasteiger charge is 2.32. The highest BCUT2D eigenvalue weighted by atomic mass is 35.5. The topological polar surface area (TPSA) is 12.0 Å². The lowest BCUT2D eigenvalue weighted by Crippen LogP contribution is -2.13. The third-order valence-corrected chi connectivity index (χ3v) is 3.99. The summed E-state index contributed by atoms with van der Waals surface area (Å²) < 4.78 is 0. The number of rotatable bonds is 4. The fourth-order valence-electron chi connectivity index (χ4n) is 2.52. The number of hydrogen-bond donors (Lipinski definition) is 1. The Balaban J connectivity index is 1.86. The molecule has 0 bridgehead atoms. The summed E-state index contributed by atoms with van der Waals surface area (Å²) in [6.45, 7) is 2.10. The van der Waals surface area contributed by atoms with E-state index in [1.165, 1.54) is 29.7 Å². The first-order valence-electron chi connectivity index (χ1n) is 6.81. The molecule has 1 N–H and O–H groups in total. The molecule has 1 nitrogen and oxygen atoms in total. The Morgan fingerprint density at radius 1 is 1.11 bits per heavy atom. The van der Waals surface area contributed by atoms with E-state index in [9.17, 15) is 0 Å². The van der Waals surface area contributed by atoms with Gasteiger partial charge in [0.25, 0.3) is 0 Å². The smallest absolute Gasteiger partial charge is 0.0542 e. The van der Waals surface area contributed by atoms with E-state index in [-0.39, 0.29) is 0 Å². The van der Waals surface area contributed by atoms with Gasteiger partial charge in [0.05, 0.1) is 6.04 Å². The minimum absolute atomic E-state index is 0.418. The molecule has 1 fully saturated rings. The molecule has 1 saturated carbocycles. The summed E-state index contributed by atoms with van der Waals surface area (Å²) in [7, 11) is 0. The summed E-state index contributed by atoms with van der Waals surface area (Å²) in [5.41, 5.74) is 3.76. The molecule has 0 radical (unpaired) electrons. The van der Waals surface area contributed by atoms with Gasteiger partial charge >= 0.3 is 0 Å². The molecule has 98 valence electrons. The summed E-state index contributed by atoms with van der Waals surface area (Å²) >= 11 is 6.02. The van der Waals surface area contributed by atoms with E-state index in [1.54, 1.807) is 0 Å². The first-order valence-corrected chi connectivity index (χ1v) is 7.19. The first-order chi connectivity index (χ1) is 9.24. The average Bonchev–Trinajstić information content (AvgIpc) is 3.23. The standard InChI is InChI=1S/C17H18ClN/c1-12-11-15(18)9-10-16(12)19-17(14-7-8-14)13-5-3-2-4-6-13/h2-6,9-11,14,17,19H,7-8H2,1H3. The quantitative estimate of drug-likeness (QED) is 0.805. The van der Waals surface area contributed by atoms with Crippen molar-refractivity contribution in [3.05, 3.63) is 64.7 Å². The molecule has 3 rings (SSSR count). The SMILES string of the molecule is Cc1cc(Cl)ccc1NC(c1ccccc1)C1CC1. The van der Waals surface area contributed by atoms with E-state index >= 15 is 0 Å². The third-order valence-electron chi connectivity index (χ3n) is 3.75. The van der Waals surface area contributed by atoms with Crippen LogP contribution in [0.25, 0.3) is 0 Å². The summed E-state index contributed by atoms with van der Waals surface area (Å²) in [5, 5.41) is 4.49. The Labute approximate surface area is 119 Å². The Morgan fingerprint density at radius 2 is 1.84 bits per heavy atom. The molecular formula is C17H18ClN. The van der Waals surface area contributed by atoms with Crippen LogP contribution in [0.3, 0.4) is 0 Å². The van der Waals surface area contributed by atoms with Gasteiger partial charge in [-0.1, -0.05) is 41.9 Å². The van der Waals surface area contributed by atoms with Gasteiger partial charge in [0.15, 0.2) is 0 Å². The zero-order valence-corrected chi connectivity index (χ0v) is 11.8. The van der Waals surface area contributed by atoms with Crippen molar-refractivity contribution in [3.8, 4) is 0 Å². The largest absolute Gasteiger partial charge is 0.378 e. The number of aryl methyl sites for hydroxylation is 1. The summed E-state index contributed by atoms with van der Waals surface area (Å²) in [6, 6.07) is 17.2. The number of hydrogen-bond acceptors (Lipinski definition) is 1. The minimum Gasteiger partial charge on any atom is -0.378 e. The molecule has 1 aliphatic carbocycles. The lowest BCUT2D eigenvalue weighted by Gasteiger charge is -2.21. The second kappa shape index (κ2) is 5.26. The number of nitrogens with one attached hydrogen (secondary N) is 1. The second-order valence-corrected chi connectivity index (χ2v) is 5.77. The molecule has 1 unspecified atom stereocenters. The molecule has 0 aromatic heterocycles. The van der Waals surface area contributed by atoms with Crippen LogP contribution in [0, 0.1) is 12.8 Å². The molecule has 2 aromatic rings. The fraction of sp³-hybridized carbons (Fsp3) is 0.294.